The molecule has 1 aliphatic rings. The fourth-order valence-electron chi connectivity index (χ4n) is 3.87. The lowest BCUT2D eigenvalue weighted by Gasteiger charge is -2.27. The highest BCUT2D eigenvalue weighted by atomic mass is 35.5. The Balaban J connectivity index is 1.57. The molecule has 36 heavy (non-hydrogen) atoms. The van der Waals surface area contributed by atoms with Gasteiger partial charge in [-0.15, -0.1) is 0 Å². The minimum atomic E-state index is -1.25. The van der Waals surface area contributed by atoms with Crippen LogP contribution in [0.4, 0.5) is 11.5 Å². The number of carbonyl (C=O) groups excluding carboxylic acids is 2. The van der Waals surface area contributed by atoms with Crippen LogP contribution in [0.3, 0.4) is 0 Å². The normalized spacial score (nSPS) is 18.2. The van der Waals surface area contributed by atoms with Crippen LogP contribution in [-0.2, 0) is 10.8 Å². The number of amides is 2. The molecule has 9 nitrogen and oxygen atoms in total. The number of benzene rings is 1. The first-order valence-electron chi connectivity index (χ1n) is 11.4. The van der Waals surface area contributed by atoms with E-state index in [0.29, 0.717) is 10.6 Å². The maximum absolute atomic E-state index is 13.3. The number of carbonyl (C=O) groups is 2. The largest absolute Gasteiger partial charge is 0.490 e. The lowest BCUT2D eigenvalue weighted by molar-refractivity contribution is 0.101. The van der Waals surface area contributed by atoms with Crippen molar-refractivity contribution in [3.05, 3.63) is 71.1 Å². The molecule has 0 aliphatic heterocycles. The van der Waals surface area contributed by atoms with Gasteiger partial charge in [-0.25, -0.2) is 9.97 Å². The SMILES string of the molecule is C[S@](=O)c1ccc(C(=O)Nc2cccnc2C(=O)Nc2ncccc2Cl)c(OC2CCC(N)CC2)c1. The Morgan fingerprint density at radius 1 is 1.03 bits per heavy atom. The van der Waals surface area contributed by atoms with E-state index in [2.05, 4.69) is 20.6 Å². The van der Waals surface area contributed by atoms with Gasteiger partial charge in [0.15, 0.2) is 11.5 Å². The Kier molecular flexibility index (Phi) is 8.29. The molecule has 2 aromatic heterocycles. The van der Waals surface area contributed by atoms with Crippen LogP contribution in [0.25, 0.3) is 0 Å². The van der Waals surface area contributed by atoms with Crippen LogP contribution in [-0.4, -0.2) is 44.4 Å². The number of rotatable bonds is 7. The van der Waals surface area contributed by atoms with Crippen molar-refractivity contribution >= 4 is 45.7 Å². The highest BCUT2D eigenvalue weighted by Crippen LogP contribution is 2.29. The van der Waals surface area contributed by atoms with Gasteiger partial charge in [0.1, 0.15) is 5.75 Å². The molecule has 0 bridgehead atoms. The van der Waals surface area contributed by atoms with E-state index in [-0.39, 0.29) is 39.9 Å². The van der Waals surface area contributed by atoms with Gasteiger partial charge in [-0.3, -0.25) is 13.8 Å². The summed E-state index contributed by atoms with van der Waals surface area (Å²) in [7, 11) is -1.25. The monoisotopic (exact) mass is 527 g/mol. The fraction of sp³-hybridized carbons (Fsp3) is 0.280. The lowest BCUT2D eigenvalue weighted by atomic mass is 9.93. The van der Waals surface area contributed by atoms with Crippen molar-refractivity contribution in [1.29, 1.82) is 0 Å². The van der Waals surface area contributed by atoms with Crippen molar-refractivity contribution in [2.24, 2.45) is 5.73 Å². The predicted molar refractivity (Wildman–Crippen MR) is 139 cm³/mol. The van der Waals surface area contributed by atoms with E-state index in [1.165, 1.54) is 12.4 Å². The van der Waals surface area contributed by atoms with E-state index in [1.54, 1.807) is 48.7 Å². The number of nitrogens with one attached hydrogen (secondary N) is 2. The molecule has 4 rings (SSSR count). The summed E-state index contributed by atoms with van der Waals surface area (Å²) in [6.45, 7) is 0. The molecule has 1 aromatic carbocycles. The Morgan fingerprint density at radius 2 is 1.75 bits per heavy atom. The standard InChI is InChI=1S/C25H26ClN5O4S/c1-36(34)17-10-11-18(21(14-17)35-16-8-6-15(27)7-9-16)24(32)30-20-5-3-12-28-22(20)25(33)31-23-19(26)4-2-13-29-23/h2-5,10-16H,6-9,27H2,1H3,(H,30,32)(H,29,31,33)/t15?,16?,36-/m0/s1. The molecule has 4 N–H and O–H groups in total. The average Bonchev–Trinajstić information content (AvgIpc) is 2.87. The summed E-state index contributed by atoms with van der Waals surface area (Å²) >= 11 is 6.09. The highest BCUT2D eigenvalue weighted by Gasteiger charge is 2.24. The number of aromatic nitrogens is 2. The lowest BCUT2D eigenvalue weighted by Crippen LogP contribution is -2.32. The van der Waals surface area contributed by atoms with Crippen molar-refractivity contribution in [1.82, 2.24) is 9.97 Å². The summed E-state index contributed by atoms with van der Waals surface area (Å²) in [5, 5.41) is 5.62. The number of halogens is 1. The Morgan fingerprint density at radius 3 is 2.47 bits per heavy atom. The van der Waals surface area contributed by atoms with E-state index in [9.17, 15) is 13.8 Å². The van der Waals surface area contributed by atoms with E-state index in [1.807, 2.05) is 0 Å². The van der Waals surface area contributed by atoms with Crippen molar-refractivity contribution in [3.63, 3.8) is 0 Å². The first-order chi connectivity index (χ1) is 17.3. The molecule has 1 aliphatic carbocycles. The molecular weight excluding hydrogens is 502 g/mol. The minimum absolute atomic E-state index is 0.0115. The quantitative estimate of drug-likeness (QED) is 0.422. The Hall–Kier alpha value is -3.34. The van der Waals surface area contributed by atoms with Crippen molar-refractivity contribution in [2.75, 3.05) is 16.9 Å². The van der Waals surface area contributed by atoms with Crippen molar-refractivity contribution in [3.8, 4) is 5.75 Å². The number of ether oxygens (including phenoxy) is 1. The minimum Gasteiger partial charge on any atom is -0.490 e. The molecule has 11 heteroatoms. The highest BCUT2D eigenvalue weighted by molar-refractivity contribution is 7.84. The van der Waals surface area contributed by atoms with Gasteiger partial charge in [-0.2, -0.15) is 0 Å². The smallest absolute Gasteiger partial charge is 0.277 e. The van der Waals surface area contributed by atoms with Crippen LogP contribution in [0, 0.1) is 0 Å². The molecule has 2 amide bonds. The van der Waals surface area contributed by atoms with Gasteiger partial charge < -0.3 is 21.1 Å². The third-order valence-corrected chi connectivity index (χ3v) is 7.03. The van der Waals surface area contributed by atoms with E-state index in [4.69, 9.17) is 22.1 Å². The number of pyridine rings is 2. The van der Waals surface area contributed by atoms with Crippen LogP contribution in [0.5, 0.6) is 5.75 Å². The number of hydrogen-bond donors (Lipinski definition) is 3. The second-order valence-electron chi connectivity index (χ2n) is 8.41. The van der Waals surface area contributed by atoms with Gasteiger partial charge in [0.05, 0.1) is 22.4 Å². The van der Waals surface area contributed by atoms with E-state index in [0.717, 1.165) is 25.7 Å². The molecule has 0 saturated heterocycles. The van der Waals surface area contributed by atoms with Crippen LogP contribution < -0.4 is 21.1 Å². The molecule has 188 valence electrons. The van der Waals surface area contributed by atoms with Gasteiger partial charge in [0, 0.05) is 40.4 Å². The second-order valence-corrected chi connectivity index (χ2v) is 10.2. The average molecular weight is 528 g/mol. The molecule has 1 fully saturated rings. The molecule has 0 radical (unpaired) electrons. The zero-order valence-corrected chi connectivity index (χ0v) is 21.1. The molecule has 0 spiro atoms. The van der Waals surface area contributed by atoms with Gasteiger partial charge in [0.25, 0.3) is 11.8 Å². The zero-order chi connectivity index (χ0) is 25.7. The van der Waals surface area contributed by atoms with Crippen LogP contribution in [0.2, 0.25) is 5.02 Å². The molecule has 1 atom stereocenters. The van der Waals surface area contributed by atoms with Crippen LogP contribution in [0.1, 0.15) is 46.5 Å². The first kappa shape index (κ1) is 25.7. The number of nitrogens with two attached hydrogens (primary N) is 1. The first-order valence-corrected chi connectivity index (χ1v) is 13.3. The fourth-order valence-corrected chi connectivity index (χ4v) is 4.58. The molecular formula is C25H26ClN5O4S. The van der Waals surface area contributed by atoms with Gasteiger partial charge in [-0.05, 0) is 68.1 Å². The summed E-state index contributed by atoms with van der Waals surface area (Å²) in [5.41, 5.74) is 6.44. The predicted octanol–water partition coefficient (Wildman–Crippen LogP) is 4.02. The van der Waals surface area contributed by atoms with Crippen LogP contribution >= 0.6 is 11.6 Å². The number of nitrogens with zero attached hydrogens (tertiary/aromatic N) is 2. The van der Waals surface area contributed by atoms with Crippen LogP contribution in [0.15, 0.2) is 59.8 Å². The summed E-state index contributed by atoms with van der Waals surface area (Å²) in [6.07, 6.45) is 7.61. The molecule has 1 saturated carbocycles. The second kappa shape index (κ2) is 11.6. The Bertz CT molecular complexity index is 1300. The molecule has 3 aromatic rings. The third-order valence-electron chi connectivity index (χ3n) is 5.80. The zero-order valence-electron chi connectivity index (χ0n) is 19.6. The third kappa shape index (κ3) is 6.26. The van der Waals surface area contributed by atoms with E-state index >= 15 is 0 Å². The number of anilines is 2. The van der Waals surface area contributed by atoms with Crippen molar-refractivity contribution in [2.45, 2.75) is 42.7 Å². The van der Waals surface area contributed by atoms with Gasteiger partial charge >= 0.3 is 0 Å². The maximum atomic E-state index is 13.3. The van der Waals surface area contributed by atoms with Crippen molar-refractivity contribution < 1.29 is 18.5 Å². The van der Waals surface area contributed by atoms with Gasteiger partial charge in [0.2, 0.25) is 0 Å². The maximum Gasteiger partial charge on any atom is 0.277 e. The topological polar surface area (TPSA) is 136 Å². The summed E-state index contributed by atoms with van der Waals surface area (Å²) in [4.78, 5) is 34.9. The van der Waals surface area contributed by atoms with Gasteiger partial charge in [-0.1, -0.05) is 11.6 Å². The Labute approximate surface area is 216 Å². The summed E-state index contributed by atoms with van der Waals surface area (Å²) < 4.78 is 18.3. The summed E-state index contributed by atoms with van der Waals surface area (Å²) in [6, 6.07) is 11.4. The molecule has 2 heterocycles. The summed E-state index contributed by atoms with van der Waals surface area (Å²) in [5.74, 6) is -0.573. The van der Waals surface area contributed by atoms with E-state index < -0.39 is 22.6 Å². The molecule has 0 unspecified atom stereocenters. The number of hydrogen-bond acceptors (Lipinski definition) is 7.